The predicted octanol–water partition coefficient (Wildman–Crippen LogP) is 4.04. The van der Waals surface area contributed by atoms with Crippen LogP contribution in [0.3, 0.4) is 0 Å². The minimum absolute atomic E-state index is 0.206. The first kappa shape index (κ1) is 10.8. The summed E-state index contributed by atoms with van der Waals surface area (Å²) in [7, 11) is 0. The van der Waals surface area contributed by atoms with E-state index in [2.05, 4.69) is 43.1 Å². The van der Waals surface area contributed by atoms with Crippen LogP contribution in [0.1, 0.15) is 5.56 Å². The SMILES string of the molecule is Cc1cc(F)c2c(cnn2PI)c1Br. The maximum atomic E-state index is 13.6. The van der Waals surface area contributed by atoms with Crippen molar-refractivity contribution in [1.29, 1.82) is 0 Å². The molecule has 2 rings (SSSR count). The summed E-state index contributed by atoms with van der Waals surface area (Å²) < 4.78 is 16.2. The molecule has 0 fully saturated rings. The van der Waals surface area contributed by atoms with Crippen molar-refractivity contribution in [2.24, 2.45) is 0 Å². The molecule has 1 atom stereocenters. The predicted molar refractivity (Wildman–Crippen MR) is 69.9 cm³/mol. The number of hydrogen-bond acceptors (Lipinski definition) is 1. The molecule has 0 bridgehead atoms. The molecule has 0 spiro atoms. The van der Waals surface area contributed by atoms with Gasteiger partial charge < -0.3 is 0 Å². The third kappa shape index (κ3) is 1.59. The first-order valence-electron chi connectivity index (χ1n) is 3.84. The van der Waals surface area contributed by atoms with Gasteiger partial charge in [-0.15, -0.1) is 0 Å². The average Bonchev–Trinajstić information content (AvgIpc) is 2.58. The molecule has 0 aliphatic heterocycles. The van der Waals surface area contributed by atoms with E-state index in [1.165, 1.54) is 6.07 Å². The molecule has 2 nitrogen and oxygen atoms in total. The monoisotopic (exact) mass is 386 g/mol. The summed E-state index contributed by atoms with van der Waals surface area (Å²) in [6.45, 7) is 1.87. The summed E-state index contributed by atoms with van der Waals surface area (Å²) in [5.74, 6) is -0.206. The Morgan fingerprint density at radius 2 is 2.36 bits per heavy atom. The Morgan fingerprint density at radius 1 is 1.64 bits per heavy atom. The first-order valence-corrected chi connectivity index (χ1v) is 8.69. The lowest BCUT2D eigenvalue weighted by Gasteiger charge is -2.02. The van der Waals surface area contributed by atoms with E-state index in [1.54, 1.807) is 10.6 Å². The van der Waals surface area contributed by atoms with Gasteiger partial charge in [0.1, 0.15) is 11.3 Å². The summed E-state index contributed by atoms with van der Waals surface area (Å²) >= 11 is 5.62. The highest BCUT2D eigenvalue weighted by Crippen LogP contribution is 2.34. The summed E-state index contributed by atoms with van der Waals surface area (Å²) in [4.78, 5) is 0. The summed E-state index contributed by atoms with van der Waals surface area (Å²) in [5.41, 5.74) is 1.47. The smallest absolute Gasteiger partial charge is 0.149 e. The number of halogens is 3. The van der Waals surface area contributed by atoms with Gasteiger partial charge in [-0.1, -0.05) is 0 Å². The Hall–Kier alpha value is 0.260. The van der Waals surface area contributed by atoms with E-state index in [0.29, 0.717) is 11.9 Å². The van der Waals surface area contributed by atoms with Crippen LogP contribution in [0.15, 0.2) is 16.7 Å². The Morgan fingerprint density at radius 3 is 3.00 bits per heavy atom. The minimum atomic E-state index is -0.206. The van der Waals surface area contributed by atoms with Crippen LogP contribution >= 0.6 is 44.3 Å². The molecule has 0 aliphatic carbocycles. The summed E-state index contributed by atoms with van der Waals surface area (Å²) in [6, 6.07) is 1.53. The lowest BCUT2D eigenvalue weighted by Crippen LogP contribution is -1.88. The van der Waals surface area contributed by atoms with Gasteiger partial charge in [-0.05, 0) is 56.5 Å². The van der Waals surface area contributed by atoms with Crippen molar-refractivity contribution in [3.05, 3.63) is 28.1 Å². The van der Waals surface area contributed by atoms with Gasteiger partial charge in [-0.2, -0.15) is 5.10 Å². The van der Waals surface area contributed by atoms with Gasteiger partial charge in [0.25, 0.3) is 0 Å². The van der Waals surface area contributed by atoms with E-state index in [1.807, 2.05) is 6.92 Å². The van der Waals surface area contributed by atoms with Crippen molar-refractivity contribution in [1.82, 2.24) is 9.55 Å². The van der Waals surface area contributed by atoms with E-state index < -0.39 is 0 Å². The van der Waals surface area contributed by atoms with E-state index in [-0.39, 0.29) is 5.82 Å². The zero-order valence-corrected chi connectivity index (χ0v) is 11.9. The maximum Gasteiger partial charge on any atom is 0.149 e. The maximum absolute atomic E-state index is 13.6. The second kappa shape index (κ2) is 4.02. The van der Waals surface area contributed by atoms with E-state index >= 15 is 0 Å². The molecular weight excluding hydrogens is 381 g/mol. The molecule has 0 saturated carbocycles. The van der Waals surface area contributed by atoms with Crippen molar-refractivity contribution in [2.45, 2.75) is 6.92 Å². The fourth-order valence-electron chi connectivity index (χ4n) is 1.34. The molecular formula is C8H6BrFIN2P. The average molecular weight is 387 g/mol. The van der Waals surface area contributed by atoms with Crippen LogP contribution in [0.25, 0.3) is 10.9 Å². The molecule has 1 aromatic carbocycles. The highest BCUT2D eigenvalue weighted by Gasteiger charge is 2.12. The van der Waals surface area contributed by atoms with Gasteiger partial charge in [0, 0.05) is 9.86 Å². The topological polar surface area (TPSA) is 17.8 Å². The van der Waals surface area contributed by atoms with Gasteiger partial charge >= 0.3 is 0 Å². The molecule has 0 aliphatic rings. The van der Waals surface area contributed by atoms with E-state index in [9.17, 15) is 4.39 Å². The minimum Gasteiger partial charge on any atom is -0.234 e. The largest absolute Gasteiger partial charge is 0.234 e. The normalized spacial score (nSPS) is 12.0. The fraction of sp³-hybridized carbons (Fsp3) is 0.125. The van der Waals surface area contributed by atoms with Crippen LogP contribution < -0.4 is 0 Å². The lowest BCUT2D eigenvalue weighted by molar-refractivity contribution is 0.633. The summed E-state index contributed by atoms with van der Waals surface area (Å²) in [6.07, 6.45) is 2.11. The van der Waals surface area contributed by atoms with Crippen molar-refractivity contribution >= 4 is 55.2 Å². The number of rotatable bonds is 1. The van der Waals surface area contributed by atoms with Crippen LogP contribution in [0.2, 0.25) is 0 Å². The van der Waals surface area contributed by atoms with Crippen LogP contribution in [-0.2, 0) is 0 Å². The van der Waals surface area contributed by atoms with Crippen molar-refractivity contribution < 1.29 is 4.39 Å². The van der Waals surface area contributed by atoms with Gasteiger partial charge in [0.2, 0.25) is 0 Å². The van der Waals surface area contributed by atoms with Crippen molar-refractivity contribution in [3.63, 3.8) is 0 Å². The quantitative estimate of drug-likeness (QED) is 0.534. The molecule has 0 amide bonds. The Labute approximate surface area is 104 Å². The molecule has 0 radical (unpaired) electrons. The number of hydrogen-bond donors (Lipinski definition) is 0. The second-order valence-electron chi connectivity index (χ2n) is 2.89. The van der Waals surface area contributed by atoms with Crippen LogP contribution in [-0.4, -0.2) is 9.55 Å². The molecule has 6 heteroatoms. The van der Waals surface area contributed by atoms with Gasteiger partial charge in [-0.3, -0.25) is 0 Å². The number of aryl methyl sites for hydroxylation is 1. The Balaban J connectivity index is 2.90. The molecule has 1 heterocycles. The van der Waals surface area contributed by atoms with Crippen LogP contribution in [0.4, 0.5) is 4.39 Å². The number of fused-ring (bicyclic) bond motifs is 1. The third-order valence-electron chi connectivity index (χ3n) is 2.00. The standard InChI is InChI=1S/C8H6BrFIN2P/c1-4-2-6(10)8-5(7(4)9)3-12-13(8)14-11/h2-3,14H,1H3. The van der Waals surface area contributed by atoms with E-state index in [4.69, 9.17) is 0 Å². The molecule has 74 valence electrons. The zero-order chi connectivity index (χ0) is 10.3. The van der Waals surface area contributed by atoms with Crippen molar-refractivity contribution in [2.75, 3.05) is 0 Å². The third-order valence-corrected chi connectivity index (χ3v) is 4.92. The zero-order valence-electron chi connectivity index (χ0n) is 7.18. The van der Waals surface area contributed by atoms with Crippen molar-refractivity contribution in [3.8, 4) is 0 Å². The lowest BCUT2D eigenvalue weighted by atomic mass is 10.2. The molecule has 1 unspecified atom stereocenters. The second-order valence-corrected chi connectivity index (χ2v) is 5.73. The number of nitrogens with zero attached hydrogens (tertiary/aromatic N) is 2. The summed E-state index contributed by atoms with van der Waals surface area (Å²) in [5, 5.41) is 4.97. The van der Waals surface area contributed by atoms with Crippen LogP contribution in [0, 0.1) is 12.7 Å². The van der Waals surface area contributed by atoms with Crippen LogP contribution in [0.5, 0.6) is 0 Å². The highest BCUT2D eigenvalue weighted by molar-refractivity contribution is 14.2. The molecule has 14 heavy (non-hydrogen) atoms. The Bertz CT molecular complexity index is 500. The Kier molecular flexibility index (Phi) is 3.09. The van der Waals surface area contributed by atoms with E-state index in [0.717, 1.165) is 15.4 Å². The number of benzene rings is 1. The molecule has 0 saturated heterocycles. The molecule has 0 N–H and O–H groups in total. The van der Waals surface area contributed by atoms with Gasteiger partial charge in [0.05, 0.1) is 12.6 Å². The number of aromatic nitrogens is 2. The highest BCUT2D eigenvalue weighted by atomic mass is 127. The fourth-order valence-corrected chi connectivity index (χ4v) is 3.25. The molecule has 1 aromatic heterocycles. The van der Waals surface area contributed by atoms with Gasteiger partial charge in [0.15, 0.2) is 0 Å². The van der Waals surface area contributed by atoms with Gasteiger partial charge in [-0.25, -0.2) is 8.84 Å². The first-order chi connectivity index (χ1) is 6.65. The molecule has 2 aromatic rings.